The number of benzene rings is 2. The second kappa shape index (κ2) is 19.3. The Bertz CT molecular complexity index is 1370. The summed E-state index contributed by atoms with van der Waals surface area (Å²) in [6, 6.07) is 9.21. The van der Waals surface area contributed by atoms with Crippen LogP contribution in [0.25, 0.3) is 10.8 Å². The fraction of sp³-hybridized carbons (Fsp3) is 0.500. The predicted molar refractivity (Wildman–Crippen MR) is 179 cm³/mol. The Kier molecular flexibility index (Phi) is 15.2. The molecular formula is C34H48N6O6. The van der Waals surface area contributed by atoms with Crippen molar-refractivity contribution in [3.05, 3.63) is 53.6 Å². The third-order valence-electron chi connectivity index (χ3n) is 7.71. The van der Waals surface area contributed by atoms with Gasteiger partial charge < -0.3 is 31.3 Å². The number of ether oxygens (including phenoxy) is 1. The number of anilines is 1. The summed E-state index contributed by atoms with van der Waals surface area (Å²) < 4.78 is 4.52. The molecule has 0 saturated carbocycles. The van der Waals surface area contributed by atoms with Gasteiger partial charge in [-0.2, -0.15) is 0 Å². The van der Waals surface area contributed by atoms with Gasteiger partial charge in [0, 0.05) is 78.8 Å². The molecule has 0 atom stereocenters. The highest BCUT2D eigenvalue weighted by molar-refractivity contribution is 6.26. The van der Waals surface area contributed by atoms with Crippen molar-refractivity contribution >= 4 is 46.1 Å². The molecule has 12 nitrogen and oxygen atoms in total. The Hall–Kier alpha value is -4.29. The number of imide groups is 1. The predicted octanol–water partition coefficient (Wildman–Crippen LogP) is 2.74. The summed E-state index contributed by atoms with van der Waals surface area (Å²) in [5, 5.41) is 17.3. The number of hydrogen-bond donors (Lipinski definition) is 5. The fourth-order valence-corrected chi connectivity index (χ4v) is 5.18. The van der Waals surface area contributed by atoms with Crippen LogP contribution >= 0.6 is 0 Å². The molecule has 5 N–H and O–H groups in total. The molecule has 0 bridgehead atoms. The second-order valence-corrected chi connectivity index (χ2v) is 11.3. The van der Waals surface area contributed by atoms with E-state index >= 15 is 0 Å². The largest absolute Gasteiger partial charge is 0.469 e. The van der Waals surface area contributed by atoms with Gasteiger partial charge in [-0.1, -0.05) is 31.6 Å². The van der Waals surface area contributed by atoms with Crippen molar-refractivity contribution in [1.29, 1.82) is 0 Å². The van der Waals surface area contributed by atoms with Gasteiger partial charge >= 0.3 is 5.97 Å². The highest BCUT2D eigenvalue weighted by Gasteiger charge is 2.32. The molecule has 0 unspecified atom stereocenters. The summed E-state index contributed by atoms with van der Waals surface area (Å²) in [5.74, 6) is -1.40. The number of methoxy groups -OCH3 is 1. The van der Waals surface area contributed by atoms with Crippen LogP contribution in [0.5, 0.6) is 0 Å². The molecule has 0 aliphatic carbocycles. The molecule has 3 rings (SSSR count). The minimum atomic E-state index is -0.381. The lowest BCUT2D eigenvalue weighted by Crippen LogP contribution is -2.42. The van der Waals surface area contributed by atoms with Crippen molar-refractivity contribution < 1.29 is 28.7 Å². The van der Waals surface area contributed by atoms with E-state index in [1.807, 2.05) is 18.2 Å². The topological polar surface area (TPSA) is 158 Å². The third kappa shape index (κ3) is 11.0. The molecule has 0 aromatic heterocycles. The molecule has 1 aliphatic rings. The zero-order valence-electron chi connectivity index (χ0n) is 27.1. The van der Waals surface area contributed by atoms with E-state index in [4.69, 9.17) is 0 Å². The van der Waals surface area contributed by atoms with Crippen LogP contribution in [0.4, 0.5) is 5.69 Å². The van der Waals surface area contributed by atoms with Crippen LogP contribution in [0.2, 0.25) is 0 Å². The number of carbonyl (C=O) groups excluding carboxylic acids is 5. The summed E-state index contributed by atoms with van der Waals surface area (Å²) in [5.41, 5.74) is 2.31. The van der Waals surface area contributed by atoms with E-state index in [0.717, 1.165) is 56.4 Å². The standard InChI is InChI=1S/C34H48N6O6/c1-24(2)32(43)39-18-9-23-40-33(44)26-11-8-10-25-28(13-12-27(31(25)26)34(40)45)37-21-19-35-16-6-4-5-7-17-36-20-22-38-29(41)14-15-30(42)46-3/h8,10-13,35-37H,1,4-7,9,14-23H2,2-3H3,(H,38,41)(H,39,43). The second-order valence-electron chi connectivity index (χ2n) is 11.3. The first kappa shape index (κ1) is 36.2. The van der Waals surface area contributed by atoms with Gasteiger partial charge in [-0.15, -0.1) is 0 Å². The summed E-state index contributed by atoms with van der Waals surface area (Å²) in [7, 11) is 1.31. The van der Waals surface area contributed by atoms with Gasteiger partial charge in [0.25, 0.3) is 11.8 Å². The molecule has 0 saturated heterocycles. The Morgan fingerprint density at radius 1 is 0.761 bits per heavy atom. The average molecular weight is 637 g/mol. The van der Waals surface area contributed by atoms with Crippen molar-refractivity contribution in [2.75, 3.05) is 64.8 Å². The smallest absolute Gasteiger partial charge is 0.306 e. The molecule has 0 spiro atoms. The van der Waals surface area contributed by atoms with Crippen molar-refractivity contribution in [1.82, 2.24) is 26.2 Å². The van der Waals surface area contributed by atoms with Gasteiger partial charge in [0.1, 0.15) is 0 Å². The Labute approximate surface area is 271 Å². The Morgan fingerprint density at radius 3 is 2.11 bits per heavy atom. The first-order chi connectivity index (χ1) is 22.2. The molecule has 250 valence electrons. The molecule has 1 heterocycles. The van der Waals surface area contributed by atoms with E-state index < -0.39 is 0 Å². The monoisotopic (exact) mass is 636 g/mol. The van der Waals surface area contributed by atoms with Crippen molar-refractivity contribution in [2.45, 2.75) is 51.9 Å². The van der Waals surface area contributed by atoms with Gasteiger partial charge in [-0.25, -0.2) is 0 Å². The minimum absolute atomic E-state index is 0.0988. The number of carbonyl (C=O) groups is 5. The molecule has 0 fully saturated rings. The maximum Gasteiger partial charge on any atom is 0.306 e. The summed E-state index contributed by atoms with van der Waals surface area (Å²) in [6.45, 7) is 10.3. The van der Waals surface area contributed by atoms with Gasteiger partial charge in [-0.3, -0.25) is 28.9 Å². The normalized spacial score (nSPS) is 12.3. The zero-order chi connectivity index (χ0) is 33.3. The van der Waals surface area contributed by atoms with Crippen LogP contribution in [0, 0.1) is 0 Å². The molecule has 0 radical (unpaired) electrons. The third-order valence-corrected chi connectivity index (χ3v) is 7.71. The first-order valence-electron chi connectivity index (χ1n) is 16.1. The Morgan fingerprint density at radius 2 is 1.43 bits per heavy atom. The molecule has 1 aliphatic heterocycles. The average Bonchev–Trinajstić information content (AvgIpc) is 3.05. The summed E-state index contributed by atoms with van der Waals surface area (Å²) in [6.07, 6.45) is 5.10. The van der Waals surface area contributed by atoms with E-state index in [9.17, 15) is 24.0 Å². The van der Waals surface area contributed by atoms with E-state index in [0.29, 0.717) is 54.7 Å². The molecule has 2 aromatic carbocycles. The lowest BCUT2D eigenvalue weighted by Gasteiger charge is -2.28. The van der Waals surface area contributed by atoms with Crippen molar-refractivity contribution in [2.24, 2.45) is 0 Å². The quantitative estimate of drug-likeness (QED) is 0.0567. The van der Waals surface area contributed by atoms with Crippen molar-refractivity contribution in [3.8, 4) is 0 Å². The Balaban J connectivity index is 1.30. The van der Waals surface area contributed by atoms with Gasteiger partial charge in [0.15, 0.2) is 0 Å². The highest BCUT2D eigenvalue weighted by atomic mass is 16.5. The number of esters is 1. The number of amides is 4. The number of hydrogen-bond acceptors (Lipinski definition) is 9. The van der Waals surface area contributed by atoms with Crippen LogP contribution in [-0.4, -0.2) is 94.0 Å². The fourth-order valence-electron chi connectivity index (χ4n) is 5.18. The molecule has 4 amide bonds. The van der Waals surface area contributed by atoms with Crippen LogP contribution in [0.15, 0.2) is 42.5 Å². The SMILES string of the molecule is C=C(C)C(=O)NCCCN1C(=O)c2cccc3c(NCCNCCCCCCNCCNC(=O)CCC(=O)OC)ccc(c23)C1=O. The molecule has 2 aromatic rings. The zero-order valence-corrected chi connectivity index (χ0v) is 27.1. The lowest BCUT2D eigenvalue weighted by molar-refractivity contribution is -0.142. The van der Waals surface area contributed by atoms with Gasteiger partial charge in [0.05, 0.1) is 13.5 Å². The van der Waals surface area contributed by atoms with Crippen LogP contribution in [0.1, 0.15) is 72.6 Å². The number of rotatable bonds is 22. The van der Waals surface area contributed by atoms with Crippen LogP contribution in [0.3, 0.4) is 0 Å². The lowest BCUT2D eigenvalue weighted by atomic mass is 9.93. The number of nitrogens with one attached hydrogen (secondary N) is 5. The first-order valence-corrected chi connectivity index (χ1v) is 16.1. The van der Waals surface area contributed by atoms with Crippen LogP contribution < -0.4 is 26.6 Å². The minimum Gasteiger partial charge on any atom is -0.469 e. The maximum atomic E-state index is 13.3. The number of nitrogens with zero attached hydrogens (tertiary/aromatic N) is 1. The van der Waals surface area contributed by atoms with Gasteiger partial charge in [-0.05, 0) is 57.5 Å². The molecule has 12 heteroatoms. The summed E-state index contributed by atoms with van der Waals surface area (Å²) in [4.78, 5) is 62.2. The summed E-state index contributed by atoms with van der Waals surface area (Å²) >= 11 is 0. The van der Waals surface area contributed by atoms with Gasteiger partial charge in [0.2, 0.25) is 11.8 Å². The van der Waals surface area contributed by atoms with E-state index in [2.05, 4.69) is 37.9 Å². The van der Waals surface area contributed by atoms with E-state index in [1.165, 1.54) is 12.0 Å². The number of unbranched alkanes of at least 4 members (excludes halogenated alkanes) is 3. The van der Waals surface area contributed by atoms with Crippen LogP contribution in [-0.2, 0) is 19.1 Å². The molecular weight excluding hydrogens is 588 g/mol. The highest BCUT2D eigenvalue weighted by Crippen LogP contribution is 2.34. The van der Waals surface area contributed by atoms with E-state index in [1.54, 1.807) is 19.1 Å². The molecule has 46 heavy (non-hydrogen) atoms. The van der Waals surface area contributed by atoms with Crippen molar-refractivity contribution in [3.63, 3.8) is 0 Å². The van der Waals surface area contributed by atoms with E-state index in [-0.39, 0.29) is 49.0 Å². The maximum absolute atomic E-state index is 13.3.